The largest absolute Gasteiger partial charge is 0.299 e. The van der Waals surface area contributed by atoms with Gasteiger partial charge in [0.05, 0.1) is 10.7 Å². The van der Waals surface area contributed by atoms with Gasteiger partial charge >= 0.3 is 0 Å². The Hall–Kier alpha value is -1.39. The van der Waals surface area contributed by atoms with E-state index in [1.54, 1.807) is 16.8 Å². The SMILES string of the molecule is Cc1ccc(Cl)c(-n2ccc(=O)[nH]c2=S)c1. The molecule has 0 saturated carbocycles. The third-order valence-corrected chi connectivity index (χ3v) is 2.80. The molecule has 1 aromatic carbocycles. The standard InChI is InChI=1S/C11H9ClN2OS/c1-7-2-3-8(12)9(6-7)14-5-4-10(15)13-11(14)16/h2-6H,1H3,(H,13,15,16). The van der Waals surface area contributed by atoms with Gasteiger partial charge in [-0.3, -0.25) is 14.3 Å². The molecular weight excluding hydrogens is 244 g/mol. The Kier molecular flexibility index (Phi) is 2.94. The summed E-state index contributed by atoms with van der Waals surface area (Å²) in [6.07, 6.45) is 1.61. The molecule has 3 nitrogen and oxygen atoms in total. The van der Waals surface area contributed by atoms with E-state index in [4.69, 9.17) is 23.8 Å². The Morgan fingerprint density at radius 1 is 1.38 bits per heavy atom. The van der Waals surface area contributed by atoms with Gasteiger partial charge < -0.3 is 0 Å². The Morgan fingerprint density at radius 2 is 2.12 bits per heavy atom. The molecule has 0 fully saturated rings. The lowest BCUT2D eigenvalue weighted by molar-refractivity contribution is 0.936. The van der Waals surface area contributed by atoms with Crippen LogP contribution in [0.15, 0.2) is 35.3 Å². The van der Waals surface area contributed by atoms with Gasteiger partial charge in [0.1, 0.15) is 0 Å². The average molecular weight is 253 g/mol. The zero-order chi connectivity index (χ0) is 11.7. The van der Waals surface area contributed by atoms with E-state index in [2.05, 4.69) is 4.98 Å². The maximum atomic E-state index is 11.1. The van der Waals surface area contributed by atoms with Crippen molar-refractivity contribution >= 4 is 23.8 Å². The Labute approximate surface area is 102 Å². The molecule has 0 unspecified atom stereocenters. The number of aryl methyl sites for hydroxylation is 1. The molecule has 0 aliphatic rings. The van der Waals surface area contributed by atoms with Crippen LogP contribution in [0.2, 0.25) is 5.02 Å². The first-order chi connectivity index (χ1) is 7.58. The predicted octanol–water partition coefficient (Wildman–Crippen LogP) is 2.86. The summed E-state index contributed by atoms with van der Waals surface area (Å²) in [5, 5.41) is 0.591. The van der Waals surface area contributed by atoms with E-state index in [1.165, 1.54) is 6.07 Å². The molecule has 2 aromatic rings. The third kappa shape index (κ3) is 2.08. The number of aromatic nitrogens is 2. The fourth-order valence-corrected chi connectivity index (χ4v) is 1.88. The van der Waals surface area contributed by atoms with Crippen molar-refractivity contribution in [2.24, 2.45) is 0 Å². The molecule has 0 amide bonds. The summed E-state index contributed by atoms with van der Waals surface area (Å²) >= 11 is 11.2. The second-order valence-electron chi connectivity index (χ2n) is 3.44. The van der Waals surface area contributed by atoms with Crippen molar-refractivity contribution in [3.63, 3.8) is 0 Å². The molecule has 16 heavy (non-hydrogen) atoms. The average Bonchev–Trinajstić information content (AvgIpc) is 2.22. The van der Waals surface area contributed by atoms with Gasteiger partial charge in [0.15, 0.2) is 4.77 Å². The van der Waals surface area contributed by atoms with E-state index in [0.717, 1.165) is 11.3 Å². The van der Waals surface area contributed by atoms with Crippen molar-refractivity contribution in [1.82, 2.24) is 9.55 Å². The molecule has 2 rings (SSSR count). The smallest absolute Gasteiger partial charge is 0.251 e. The van der Waals surface area contributed by atoms with Crippen LogP contribution in [0.3, 0.4) is 0 Å². The molecule has 0 saturated heterocycles. The zero-order valence-electron chi connectivity index (χ0n) is 8.53. The highest BCUT2D eigenvalue weighted by Gasteiger charge is 2.03. The molecule has 0 aliphatic heterocycles. The minimum Gasteiger partial charge on any atom is -0.299 e. The molecule has 0 radical (unpaired) electrons. The van der Waals surface area contributed by atoms with Crippen LogP contribution < -0.4 is 5.56 Å². The van der Waals surface area contributed by atoms with Gasteiger partial charge in [0, 0.05) is 12.3 Å². The summed E-state index contributed by atoms with van der Waals surface area (Å²) in [7, 11) is 0. The lowest BCUT2D eigenvalue weighted by atomic mass is 10.2. The van der Waals surface area contributed by atoms with Crippen molar-refractivity contribution in [1.29, 1.82) is 0 Å². The number of rotatable bonds is 1. The van der Waals surface area contributed by atoms with Crippen LogP contribution in [0.25, 0.3) is 5.69 Å². The minimum absolute atomic E-state index is 0.218. The summed E-state index contributed by atoms with van der Waals surface area (Å²) in [6.45, 7) is 1.97. The highest BCUT2D eigenvalue weighted by Crippen LogP contribution is 2.21. The molecule has 0 bridgehead atoms. The van der Waals surface area contributed by atoms with E-state index in [0.29, 0.717) is 9.79 Å². The molecule has 1 aromatic heterocycles. The molecule has 0 spiro atoms. The second kappa shape index (κ2) is 4.23. The maximum Gasteiger partial charge on any atom is 0.251 e. The van der Waals surface area contributed by atoms with Crippen molar-refractivity contribution in [2.75, 3.05) is 0 Å². The van der Waals surface area contributed by atoms with E-state index < -0.39 is 0 Å². The molecule has 0 aliphatic carbocycles. The van der Waals surface area contributed by atoms with E-state index in [9.17, 15) is 4.79 Å². The van der Waals surface area contributed by atoms with E-state index in [-0.39, 0.29) is 5.56 Å². The monoisotopic (exact) mass is 252 g/mol. The van der Waals surface area contributed by atoms with Crippen LogP contribution in [0.4, 0.5) is 0 Å². The van der Waals surface area contributed by atoms with Gasteiger partial charge in [0.25, 0.3) is 5.56 Å². The first-order valence-corrected chi connectivity index (χ1v) is 5.45. The number of hydrogen-bond acceptors (Lipinski definition) is 2. The van der Waals surface area contributed by atoms with Crippen LogP contribution in [-0.2, 0) is 0 Å². The molecule has 5 heteroatoms. The van der Waals surface area contributed by atoms with Crippen LogP contribution >= 0.6 is 23.8 Å². The van der Waals surface area contributed by atoms with E-state index >= 15 is 0 Å². The summed E-state index contributed by atoms with van der Waals surface area (Å²) < 4.78 is 2.01. The highest BCUT2D eigenvalue weighted by atomic mass is 35.5. The van der Waals surface area contributed by atoms with Crippen LogP contribution in [0, 0.1) is 11.7 Å². The van der Waals surface area contributed by atoms with Gasteiger partial charge in [-0.15, -0.1) is 0 Å². The summed E-state index contributed by atoms with van der Waals surface area (Å²) in [4.78, 5) is 13.6. The first-order valence-electron chi connectivity index (χ1n) is 4.66. The number of halogens is 1. The number of aromatic amines is 1. The molecule has 0 atom stereocenters. The van der Waals surface area contributed by atoms with Gasteiger partial charge in [-0.2, -0.15) is 0 Å². The number of hydrogen-bond donors (Lipinski definition) is 1. The van der Waals surface area contributed by atoms with Gasteiger partial charge in [-0.25, -0.2) is 0 Å². The van der Waals surface area contributed by atoms with Crippen molar-refractivity contribution < 1.29 is 0 Å². The van der Waals surface area contributed by atoms with Gasteiger partial charge in [-0.1, -0.05) is 17.7 Å². The zero-order valence-corrected chi connectivity index (χ0v) is 10.1. The Morgan fingerprint density at radius 3 is 2.81 bits per heavy atom. The molecular formula is C11H9ClN2OS. The normalized spacial score (nSPS) is 10.4. The van der Waals surface area contributed by atoms with Crippen LogP contribution in [0.1, 0.15) is 5.56 Å². The van der Waals surface area contributed by atoms with Gasteiger partial charge in [-0.05, 0) is 36.8 Å². The number of nitrogens with one attached hydrogen (secondary N) is 1. The highest BCUT2D eigenvalue weighted by molar-refractivity contribution is 7.71. The first kappa shape index (κ1) is 11.1. The Bertz CT molecular complexity index is 645. The van der Waals surface area contributed by atoms with Crippen LogP contribution in [-0.4, -0.2) is 9.55 Å². The topological polar surface area (TPSA) is 37.8 Å². The van der Waals surface area contributed by atoms with E-state index in [1.807, 2.05) is 19.1 Å². The third-order valence-electron chi connectivity index (χ3n) is 2.19. The number of benzene rings is 1. The quantitative estimate of drug-likeness (QED) is 0.793. The summed E-state index contributed by atoms with van der Waals surface area (Å²) in [6, 6.07) is 7.05. The number of nitrogens with zero attached hydrogens (tertiary/aromatic N) is 1. The van der Waals surface area contributed by atoms with Crippen molar-refractivity contribution in [3.8, 4) is 5.69 Å². The summed E-state index contributed by atoms with van der Waals surface area (Å²) in [5.74, 6) is 0. The van der Waals surface area contributed by atoms with Crippen molar-refractivity contribution in [2.45, 2.75) is 6.92 Å². The number of H-pyrrole nitrogens is 1. The predicted molar refractivity (Wildman–Crippen MR) is 67.0 cm³/mol. The lowest BCUT2D eigenvalue weighted by Gasteiger charge is -2.08. The van der Waals surface area contributed by atoms with Crippen LogP contribution in [0.5, 0.6) is 0 Å². The molecule has 1 heterocycles. The molecule has 1 N–H and O–H groups in total. The second-order valence-corrected chi connectivity index (χ2v) is 4.23. The minimum atomic E-state index is -0.218. The fourth-order valence-electron chi connectivity index (χ4n) is 1.41. The fraction of sp³-hybridized carbons (Fsp3) is 0.0909. The van der Waals surface area contributed by atoms with Crippen molar-refractivity contribution in [3.05, 3.63) is 56.2 Å². The lowest BCUT2D eigenvalue weighted by Crippen LogP contribution is -2.10. The molecule has 82 valence electrons. The van der Waals surface area contributed by atoms with Gasteiger partial charge in [0.2, 0.25) is 0 Å². The Balaban J connectivity index is 2.72. The summed E-state index contributed by atoms with van der Waals surface area (Å²) in [5.41, 5.74) is 1.63. The maximum absolute atomic E-state index is 11.1.